The van der Waals surface area contributed by atoms with Crippen LogP contribution in [-0.4, -0.2) is 0 Å². The molecule has 4 rings (SSSR count). The molecule has 0 heterocycles. The number of hydrogen-bond acceptors (Lipinski definition) is 2. The Bertz CT molecular complexity index is 1000. The van der Waals surface area contributed by atoms with Crippen molar-refractivity contribution in [3.05, 3.63) is 109 Å². The first-order valence-electron chi connectivity index (χ1n) is 9.13. The molecule has 2 nitrogen and oxygen atoms in total. The van der Waals surface area contributed by atoms with Crippen molar-refractivity contribution in [2.75, 3.05) is 10.6 Å². The first-order chi connectivity index (χ1) is 13.3. The van der Waals surface area contributed by atoms with E-state index >= 15 is 0 Å². The van der Waals surface area contributed by atoms with Gasteiger partial charge in [-0.2, -0.15) is 0 Å². The monoisotopic (exact) mass is 350 g/mol. The van der Waals surface area contributed by atoms with Gasteiger partial charge in [-0.3, -0.25) is 0 Å². The molecule has 0 unspecified atom stereocenters. The summed E-state index contributed by atoms with van der Waals surface area (Å²) in [4.78, 5) is 0. The lowest BCUT2D eigenvalue weighted by molar-refractivity contribution is 1.43. The Morgan fingerprint density at radius 3 is 1.52 bits per heavy atom. The molecule has 0 bridgehead atoms. The maximum atomic E-state index is 3.48. The molecular weight excluding hydrogens is 328 g/mol. The zero-order valence-electron chi connectivity index (χ0n) is 15.3. The number of rotatable bonds is 5. The molecule has 0 saturated heterocycles. The minimum Gasteiger partial charge on any atom is -0.356 e. The van der Waals surface area contributed by atoms with Crippen LogP contribution in [0, 0.1) is 6.92 Å². The summed E-state index contributed by atoms with van der Waals surface area (Å²) >= 11 is 0. The van der Waals surface area contributed by atoms with Crippen molar-refractivity contribution >= 4 is 22.7 Å². The first kappa shape index (κ1) is 16.9. The third-order valence-electron chi connectivity index (χ3n) is 4.59. The zero-order chi connectivity index (χ0) is 18.5. The summed E-state index contributed by atoms with van der Waals surface area (Å²) in [6, 6.07) is 35.6. The summed E-state index contributed by atoms with van der Waals surface area (Å²) in [5.41, 5.74) is 8.06. The molecule has 2 N–H and O–H groups in total. The highest BCUT2D eigenvalue weighted by molar-refractivity contribution is 5.71. The van der Waals surface area contributed by atoms with E-state index in [1.807, 2.05) is 18.2 Å². The minimum atomic E-state index is 1.09. The molecule has 4 aromatic carbocycles. The average Bonchev–Trinajstić information content (AvgIpc) is 2.72. The molecular formula is C25H22N2. The number of nitrogens with one attached hydrogen (secondary N) is 2. The zero-order valence-corrected chi connectivity index (χ0v) is 15.3. The molecule has 0 amide bonds. The van der Waals surface area contributed by atoms with Crippen LogP contribution in [-0.2, 0) is 0 Å². The summed E-state index contributed by atoms with van der Waals surface area (Å²) in [5, 5.41) is 6.89. The lowest BCUT2D eigenvalue weighted by atomic mass is 10.0. The SMILES string of the molecule is Cc1ccccc1Nc1ccc(-c2ccc(Nc3ccccc3)cc2)cc1. The lowest BCUT2D eigenvalue weighted by Crippen LogP contribution is -1.92. The number of para-hydroxylation sites is 2. The Morgan fingerprint density at radius 1 is 0.444 bits per heavy atom. The highest BCUT2D eigenvalue weighted by atomic mass is 14.9. The van der Waals surface area contributed by atoms with Gasteiger partial charge in [0.2, 0.25) is 0 Å². The van der Waals surface area contributed by atoms with Gasteiger partial charge in [-0.25, -0.2) is 0 Å². The Balaban J connectivity index is 1.46. The van der Waals surface area contributed by atoms with E-state index in [4.69, 9.17) is 0 Å². The topological polar surface area (TPSA) is 24.1 Å². The van der Waals surface area contributed by atoms with Crippen LogP contribution in [0.2, 0.25) is 0 Å². The van der Waals surface area contributed by atoms with E-state index in [1.165, 1.54) is 16.7 Å². The molecule has 0 aliphatic heterocycles. The maximum absolute atomic E-state index is 3.48. The fraction of sp³-hybridized carbons (Fsp3) is 0.0400. The molecule has 4 aromatic rings. The summed E-state index contributed by atoms with van der Waals surface area (Å²) in [6.45, 7) is 2.11. The van der Waals surface area contributed by atoms with Crippen molar-refractivity contribution < 1.29 is 0 Å². The van der Waals surface area contributed by atoms with E-state index in [-0.39, 0.29) is 0 Å². The van der Waals surface area contributed by atoms with Gasteiger partial charge >= 0.3 is 0 Å². The number of hydrogen-bond donors (Lipinski definition) is 2. The molecule has 0 aliphatic rings. The first-order valence-corrected chi connectivity index (χ1v) is 9.13. The van der Waals surface area contributed by atoms with Crippen LogP contribution in [0.15, 0.2) is 103 Å². The number of aryl methyl sites for hydroxylation is 1. The minimum absolute atomic E-state index is 1.09. The predicted molar refractivity (Wildman–Crippen MR) is 116 cm³/mol. The van der Waals surface area contributed by atoms with Crippen LogP contribution < -0.4 is 10.6 Å². The predicted octanol–water partition coefficient (Wildman–Crippen LogP) is 7.15. The van der Waals surface area contributed by atoms with Crippen molar-refractivity contribution in [2.45, 2.75) is 6.92 Å². The Kier molecular flexibility index (Phi) is 4.88. The van der Waals surface area contributed by atoms with Crippen LogP contribution in [0.3, 0.4) is 0 Å². The standard InChI is InChI=1S/C25H22N2/c1-19-7-5-6-10-25(19)27-24-17-13-21(14-18-24)20-11-15-23(16-12-20)26-22-8-3-2-4-9-22/h2-18,26-27H,1H3. The van der Waals surface area contributed by atoms with Gasteiger partial charge in [0.25, 0.3) is 0 Å². The van der Waals surface area contributed by atoms with Crippen molar-refractivity contribution in [1.29, 1.82) is 0 Å². The largest absolute Gasteiger partial charge is 0.356 e. The molecule has 0 aliphatic carbocycles. The van der Waals surface area contributed by atoms with Gasteiger partial charge in [-0.1, -0.05) is 60.7 Å². The molecule has 0 fully saturated rings. The third kappa shape index (κ3) is 4.18. The Labute approximate surface area is 160 Å². The van der Waals surface area contributed by atoms with Gasteiger partial charge in [-0.15, -0.1) is 0 Å². The van der Waals surface area contributed by atoms with E-state index in [0.29, 0.717) is 0 Å². The molecule has 0 atom stereocenters. The van der Waals surface area contributed by atoms with Crippen LogP contribution in [0.5, 0.6) is 0 Å². The van der Waals surface area contributed by atoms with E-state index in [2.05, 4.69) is 102 Å². The lowest BCUT2D eigenvalue weighted by Gasteiger charge is -2.11. The maximum Gasteiger partial charge on any atom is 0.0413 e. The Hall–Kier alpha value is -3.52. The van der Waals surface area contributed by atoms with Gasteiger partial charge < -0.3 is 10.6 Å². The molecule has 0 saturated carbocycles. The van der Waals surface area contributed by atoms with E-state index in [0.717, 1.165) is 22.7 Å². The summed E-state index contributed by atoms with van der Waals surface area (Å²) in [5.74, 6) is 0. The smallest absolute Gasteiger partial charge is 0.0413 e. The van der Waals surface area contributed by atoms with Gasteiger partial charge in [0.05, 0.1) is 0 Å². The molecule has 0 radical (unpaired) electrons. The van der Waals surface area contributed by atoms with Gasteiger partial charge in [0.1, 0.15) is 0 Å². The second-order valence-corrected chi connectivity index (χ2v) is 6.59. The fourth-order valence-electron chi connectivity index (χ4n) is 3.05. The number of anilines is 4. The summed E-state index contributed by atoms with van der Waals surface area (Å²) in [7, 11) is 0. The van der Waals surface area contributed by atoms with Gasteiger partial charge in [-0.05, 0) is 66.1 Å². The van der Waals surface area contributed by atoms with Crippen molar-refractivity contribution in [3.63, 3.8) is 0 Å². The van der Waals surface area contributed by atoms with Crippen LogP contribution in [0.4, 0.5) is 22.7 Å². The van der Waals surface area contributed by atoms with E-state index in [1.54, 1.807) is 0 Å². The molecule has 0 spiro atoms. The van der Waals surface area contributed by atoms with Crippen LogP contribution in [0.25, 0.3) is 11.1 Å². The molecule has 132 valence electrons. The molecule has 27 heavy (non-hydrogen) atoms. The highest BCUT2D eigenvalue weighted by Gasteiger charge is 2.01. The van der Waals surface area contributed by atoms with E-state index < -0.39 is 0 Å². The third-order valence-corrected chi connectivity index (χ3v) is 4.59. The van der Waals surface area contributed by atoms with Crippen molar-refractivity contribution in [3.8, 4) is 11.1 Å². The quantitative estimate of drug-likeness (QED) is 0.399. The fourth-order valence-corrected chi connectivity index (χ4v) is 3.05. The Morgan fingerprint density at radius 2 is 0.926 bits per heavy atom. The summed E-state index contributed by atoms with van der Waals surface area (Å²) in [6.07, 6.45) is 0. The van der Waals surface area contributed by atoms with Crippen molar-refractivity contribution in [1.82, 2.24) is 0 Å². The van der Waals surface area contributed by atoms with E-state index in [9.17, 15) is 0 Å². The average molecular weight is 350 g/mol. The van der Waals surface area contributed by atoms with Crippen LogP contribution in [0.1, 0.15) is 5.56 Å². The van der Waals surface area contributed by atoms with Crippen LogP contribution >= 0.6 is 0 Å². The normalized spacial score (nSPS) is 10.4. The second-order valence-electron chi connectivity index (χ2n) is 6.59. The molecule has 0 aromatic heterocycles. The van der Waals surface area contributed by atoms with Crippen molar-refractivity contribution in [2.24, 2.45) is 0 Å². The molecule has 2 heteroatoms. The highest BCUT2D eigenvalue weighted by Crippen LogP contribution is 2.26. The van der Waals surface area contributed by atoms with Gasteiger partial charge in [0.15, 0.2) is 0 Å². The summed E-state index contributed by atoms with van der Waals surface area (Å²) < 4.78 is 0. The number of benzene rings is 4. The van der Waals surface area contributed by atoms with Gasteiger partial charge in [0, 0.05) is 22.7 Å². The second kappa shape index (κ2) is 7.79.